The zero-order valence-corrected chi connectivity index (χ0v) is 10.3. The van der Waals surface area contributed by atoms with Crippen LogP contribution in [0.4, 0.5) is 4.39 Å². The molecule has 0 radical (unpaired) electrons. The van der Waals surface area contributed by atoms with E-state index in [2.05, 4.69) is 4.90 Å². The third-order valence-electron chi connectivity index (χ3n) is 3.53. The molecule has 3 heteroatoms. The normalized spacial score (nSPS) is 22.9. The predicted octanol–water partition coefficient (Wildman–Crippen LogP) is 2.73. The van der Waals surface area contributed by atoms with Gasteiger partial charge >= 0.3 is 0 Å². The fraction of sp³-hybridized carbons (Fsp3) is 0.571. The van der Waals surface area contributed by atoms with Crippen molar-refractivity contribution in [2.45, 2.75) is 38.3 Å². The van der Waals surface area contributed by atoms with Gasteiger partial charge < -0.3 is 5.11 Å². The largest absolute Gasteiger partial charge is 0.392 e. The molecule has 17 heavy (non-hydrogen) atoms. The van der Waals surface area contributed by atoms with E-state index in [1.54, 1.807) is 0 Å². The first-order valence-electron chi connectivity index (χ1n) is 6.38. The summed E-state index contributed by atoms with van der Waals surface area (Å²) in [5.41, 5.74) is 1.16. The molecule has 0 aliphatic carbocycles. The lowest BCUT2D eigenvalue weighted by atomic mass is 10.0. The van der Waals surface area contributed by atoms with Crippen molar-refractivity contribution in [3.8, 4) is 0 Å². The Morgan fingerprint density at radius 2 is 2.12 bits per heavy atom. The Hall–Kier alpha value is -0.930. The van der Waals surface area contributed by atoms with Gasteiger partial charge in [0.05, 0.1) is 6.10 Å². The van der Waals surface area contributed by atoms with Crippen LogP contribution in [0, 0.1) is 5.82 Å². The summed E-state index contributed by atoms with van der Waals surface area (Å²) in [7, 11) is 0. The van der Waals surface area contributed by atoms with Crippen LogP contribution < -0.4 is 0 Å². The van der Waals surface area contributed by atoms with Crippen molar-refractivity contribution in [3.05, 3.63) is 35.6 Å². The molecule has 0 aromatic heterocycles. The Kier molecular flexibility index (Phi) is 4.13. The predicted molar refractivity (Wildman–Crippen MR) is 66.2 cm³/mol. The van der Waals surface area contributed by atoms with Crippen molar-refractivity contribution < 1.29 is 9.50 Å². The summed E-state index contributed by atoms with van der Waals surface area (Å²) in [4.78, 5) is 2.31. The lowest BCUT2D eigenvalue weighted by molar-refractivity contribution is 0.103. The number of rotatable bonds is 4. The molecule has 0 saturated carbocycles. The quantitative estimate of drug-likeness (QED) is 0.870. The zero-order valence-electron chi connectivity index (χ0n) is 10.3. The van der Waals surface area contributed by atoms with E-state index in [4.69, 9.17) is 0 Å². The van der Waals surface area contributed by atoms with Gasteiger partial charge in [-0.1, -0.05) is 19.1 Å². The maximum atomic E-state index is 12.9. The van der Waals surface area contributed by atoms with Crippen LogP contribution in [0.1, 0.15) is 37.8 Å². The van der Waals surface area contributed by atoms with Crippen LogP contribution >= 0.6 is 0 Å². The number of nitrogens with zero attached hydrogens (tertiary/aromatic N) is 1. The highest BCUT2D eigenvalue weighted by Crippen LogP contribution is 2.31. The van der Waals surface area contributed by atoms with Gasteiger partial charge in [0.1, 0.15) is 5.82 Å². The number of benzene rings is 1. The van der Waals surface area contributed by atoms with Gasteiger partial charge in [0.25, 0.3) is 0 Å². The molecule has 0 amide bonds. The van der Waals surface area contributed by atoms with Gasteiger partial charge in [-0.05, 0) is 43.5 Å². The Labute approximate surface area is 102 Å². The summed E-state index contributed by atoms with van der Waals surface area (Å²) >= 11 is 0. The van der Waals surface area contributed by atoms with E-state index in [9.17, 15) is 9.50 Å². The van der Waals surface area contributed by atoms with Crippen molar-refractivity contribution in [1.29, 1.82) is 0 Å². The highest BCUT2D eigenvalue weighted by atomic mass is 19.1. The summed E-state index contributed by atoms with van der Waals surface area (Å²) in [6.45, 7) is 3.74. The van der Waals surface area contributed by atoms with Crippen LogP contribution in [-0.2, 0) is 0 Å². The van der Waals surface area contributed by atoms with Crippen LogP contribution in [0.15, 0.2) is 24.3 Å². The van der Waals surface area contributed by atoms with Gasteiger partial charge in [0.15, 0.2) is 0 Å². The van der Waals surface area contributed by atoms with Crippen molar-refractivity contribution in [1.82, 2.24) is 4.90 Å². The molecule has 1 unspecified atom stereocenters. The highest BCUT2D eigenvalue weighted by molar-refractivity contribution is 5.21. The van der Waals surface area contributed by atoms with E-state index in [0.29, 0.717) is 6.04 Å². The van der Waals surface area contributed by atoms with Gasteiger partial charge in [-0.25, -0.2) is 4.39 Å². The molecule has 1 aliphatic heterocycles. The maximum absolute atomic E-state index is 12.9. The summed E-state index contributed by atoms with van der Waals surface area (Å²) in [6.07, 6.45) is 2.78. The average molecular weight is 237 g/mol. The van der Waals surface area contributed by atoms with E-state index in [-0.39, 0.29) is 11.9 Å². The van der Waals surface area contributed by atoms with E-state index < -0.39 is 0 Å². The van der Waals surface area contributed by atoms with Crippen molar-refractivity contribution in [2.24, 2.45) is 0 Å². The molecule has 1 aromatic rings. The summed E-state index contributed by atoms with van der Waals surface area (Å²) in [5.74, 6) is -0.188. The lowest BCUT2D eigenvalue weighted by Gasteiger charge is -2.26. The SMILES string of the molecule is CC[C@@H](O)CN1CCCC1c1ccc(F)cc1. The molecular formula is C14H20FNO. The third-order valence-corrected chi connectivity index (χ3v) is 3.53. The second-order valence-corrected chi connectivity index (χ2v) is 4.77. The molecule has 1 aromatic carbocycles. The Balaban J connectivity index is 2.06. The third kappa shape index (κ3) is 3.05. The molecule has 1 fully saturated rings. The molecule has 2 rings (SSSR count). The van der Waals surface area contributed by atoms with E-state index in [0.717, 1.165) is 37.9 Å². The van der Waals surface area contributed by atoms with Gasteiger partial charge in [-0.15, -0.1) is 0 Å². The Morgan fingerprint density at radius 1 is 1.41 bits per heavy atom. The van der Waals surface area contributed by atoms with Crippen molar-refractivity contribution >= 4 is 0 Å². The van der Waals surface area contributed by atoms with Gasteiger partial charge in [0.2, 0.25) is 0 Å². The highest BCUT2D eigenvalue weighted by Gasteiger charge is 2.26. The lowest BCUT2D eigenvalue weighted by Crippen LogP contribution is -2.31. The molecule has 0 bridgehead atoms. The molecule has 94 valence electrons. The van der Waals surface area contributed by atoms with E-state index in [1.807, 2.05) is 19.1 Å². The molecule has 2 atom stereocenters. The minimum Gasteiger partial charge on any atom is -0.392 e. The van der Waals surface area contributed by atoms with Gasteiger partial charge in [-0.2, -0.15) is 0 Å². The first kappa shape index (κ1) is 12.5. The number of hydrogen-bond acceptors (Lipinski definition) is 2. The monoisotopic (exact) mass is 237 g/mol. The zero-order chi connectivity index (χ0) is 12.3. The number of aliphatic hydroxyl groups excluding tert-OH is 1. The molecule has 1 heterocycles. The van der Waals surface area contributed by atoms with E-state index >= 15 is 0 Å². The van der Waals surface area contributed by atoms with Gasteiger partial charge in [-0.3, -0.25) is 4.90 Å². The van der Waals surface area contributed by atoms with Crippen LogP contribution in [0.25, 0.3) is 0 Å². The maximum Gasteiger partial charge on any atom is 0.123 e. The number of aliphatic hydroxyl groups is 1. The average Bonchev–Trinajstić information content (AvgIpc) is 2.78. The number of halogens is 1. The minimum atomic E-state index is -0.254. The topological polar surface area (TPSA) is 23.5 Å². The molecule has 1 N–H and O–H groups in total. The van der Waals surface area contributed by atoms with Crippen molar-refractivity contribution in [3.63, 3.8) is 0 Å². The molecule has 0 spiro atoms. The molecular weight excluding hydrogens is 217 g/mol. The molecule has 1 saturated heterocycles. The van der Waals surface area contributed by atoms with E-state index in [1.165, 1.54) is 12.1 Å². The summed E-state index contributed by atoms with van der Waals surface area (Å²) in [5, 5.41) is 9.73. The van der Waals surface area contributed by atoms with Crippen LogP contribution in [-0.4, -0.2) is 29.2 Å². The second-order valence-electron chi connectivity index (χ2n) is 4.77. The smallest absolute Gasteiger partial charge is 0.123 e. The number of hydrogen-bond donors (Lipinski definition) is 1. The molecule has 1 aliphatic rings. The summed E-state index contributed by atoms with van der Waals surface area (Å²) < 4.78 is 12.9. The number of β-amino-alcohol motifs (C(OH)–C–C–N with tert-alkyl or cyclic N) is 1. The van der Waals surface area contributed by atoms with Crippen LogP contribution in [0.5, 0.6) is 0 Å². The molecule has 2 nitrogen and oxygen atoms in total. The second kappa shape index (κ2) is 5.61. The Bertz CT molecular complexity index is 352. The number of likely N-dealkylation sites (tertiary alicyclic amines) is 1. The fourth-order valence-electron chi connectivity index (χ4n) is 2.51. The standard InChI is InChI=1S/C14H20FNO/c1-2-13(17)10-16-9-3-4-14(16)11-5-7-12(15)8-6-11/h5-8,13-14,17H,2-4,9-10H2,1H3/t13-,14?/m1/s1. The Morgan fingerprint density at radius 3 is 2.76 bits per heavy atom. The minimum absolute atomic E-state index is 0.188. The fourth-order valence-corrected chi connectivity index (χ4v) is 2.51. The first-order valence-corrected chi connectivity index (χ1v) is 6.38. The van der Waals surface area contributed by atoms with Crippen molar-refractivity contribution in [2.75, 3.05) is 13.1 Å². The van der Waals surface area contributed by atoms with Gasteiger partial charge in [0, 0.05) is 12.6 Å². The first-order chi connectivity index (χ1) is 8.20. The van der Waals surface area contributed by atoms with Crippen LogP contribution in [0.3, 0.4) is 0 Å². The van der Waals surface area contributed by atoms with Crippen LogP contribution in [0.2, 0.25) is 0 Å². The summed E-state index contributed by atoms with van der Waals surface area (Å²) in [6, 6.07) is 7.09.